The Balaban J connectivity index is 1.49. The van der Waals surface area contributed by atoms with E-state index in [4.69, 9.17) is 18.9 Å². The fourth-order valence-electron chi connectivity index (χ4n) is 5.25. The van der Waals surface area contributed by atoms with E-state index in [2.05, 4.69) is 24.3 Å². The Morgan fingerprint density at radius 2 is 1.21 bits per heavy atom. The minimum atomic E-state index is -0.944. The summed E-state index contributed by atoms with van der Waals surface area (Å²) >= 11 is 0. The predicted molar refractivity (Wildman–Crippen MR) is 148 cm³/mol. The molecule has 0 radical (unpaired) electrons. The van der Waals surface area contributed by atoms with Gasteiger partial charge in [-0.25, -0.2) is 0 Å². The minimum absolute atomic E-state index is 0.0610. The molecule has 5 rings (SSSR count). The molecule has 1 saturated heterocycles. The van der Waals surface area contributed by atoms with Crippen molar-refractivity contribution in [3.05, 3.63) is 131 Å². The van der Waals surface area contributed by atoms with Gasteiger partial charge in [-0.15, -0.1) is 0 Å². The highest BCUT2D eigenvalue weighted by atomic mass is 16.6. The topological polar surface area (TPSA) is 57.2 Å². The van der Waals surface area contributed by atoms with E-state index in [0.717, 1.165) is 34.6 Å². The van der Waals surface area contributed by atoms with Crippen molar-refractivity contribution in [2.75, 3.05) is 20.8 Å². The van der Waals surface area contributed by atoms with Crippen LogP contribution in [0.1, 0.15) is 28.7 Å². The molecule has 38 heavy (non-hydrogen) atoms. The zero-order valence-corrected chi connectivity index (χ0v) is 21.8. The lowest BCUT2D eigenvalue weighted by molar-refractivity contribution is -0.0820. The highest BCUT2D eigenvalue weighted by Crippen LogP contribution is 2.42. The summed E-state index contributed by atoms with van der Waals surface area (Å²) in [5.74, 6) is 1.53. The highest BCUT2D eigenvalue weighted by Gasteiger charge is 2.41. The van der Waals surface area contributed by atoms with Crippen LogP contribution in [0.25, 0.3) is 0 Å². The van der Waals surface area contributed by atoms with Crippen LogP contribution in [0.4, 0.5) is 0 Å². The summed E-state index contributed by atoms with van der Waals surface area (Å²) in [6.07, 6.45) is 0.225. The first-order chi connectivity index (χ1) is 18.6. The van der Waals surface area contributed by atoms with Crippen molar-refractivity contribution in [3.8, 4) is 11.5 Å². The standard InChI is InChI=1S/C33H34O5/c1-35-28-17-13-26(14-18-28)33(25-11-7-4-8-12-25,27-15-19-29(36-2)20-16-27)37-23-32-31(34)22-30(38-32)21-24-9-5-3-6-10-24/h3-20,30-32,34H,21-23H2,1-2H3/t30-,31?,32+/m0/s1. The fourth-order valence-corrected chi connectivity index (χ4v) is 5.25. The molecule has 1 aliphatic heterocycles. The highest BCUT2D eigenvalue weighted by molar-refractivity contribution is 5.49. The van der Waals surface area contributed by atoms with Gasteiger partial charge in [-0.3, -0.25) is 0 Å². The van der Waals surface area contributed by atoms with Gasteiger partial charge in [0.05, 0.1) is 33.0 Å². The smallest absolute Gasteiger partial charge is 0.143 e. The van der Waals surface area contributed by atoms with E-state index < -0.39 is 17.8 Å². The summed E-state index contributed by atoms with van der Waals surface area (Å²) < 4.78 is 24.1. The number of rotatable bonds is 10. The number of aliphatic hydroxyl groups is 1. The molecule has 0 aliphatic carbocycles. The van der Waals surface area contributed by atoms with Gasteiger partial charge < -0.3 is 24.1 Å². The maximum atomic E-state index is 10.9. The first-order valence-electron chi connectivity index (χ1n) is 13.0. The molecular formula is C33H34O5. The van der Waals surface area contributed by atoms with Gasteiger partial charge in [-0.05, 0) is 52.9 Å². The van der Waals surface area contributed by atoms with Crippen molar-refractivity contribution >= 4 is 0 Å². The van der Waals surface area contributed by atoms with Crippen molar-refractivity contribution in [3.63, 3.8) is 0 Å². The van der Waals surface area contributed by atoms with E-state index in [1.54, 1.807) is 14.2 Å². The second-order valence-corrected chi connectivity index (χ2v) is 9.60. The van der Waals surface area contributed by atoms with Crippen LogP contribution in [0.5, 0.6) is 11.5 Å². The fraction of sp³-hybridized carbons (Fsp3) is 0.273. The maximum Gasteiger partial charge on any atom is 0.143 e. The van der Waals surface area contributed by atoms with Gasteiger partial charge in [0.25, 0.3) is 0 Å². The Morgan fingerprint density at radius 3 is 1.74 bits per heavy atom. The lowest BCUT2D eigenvalue weighted by Crippen LogP contribution is -2.38. The van der Waals surface area contributed by atoms with Crippen molar-refractivity contribution in [2.24, 2.45) is 0 Å². The van der Waals surface area contributed by atoms with Gasteiger partial charge >= 0.3 is 0 Å². The van der Waals surface area contributed by atoms with Crippen LogP contribution in [0, 0.1) is 0 Å². The van der Waals surface area contributed by atoms with Crippen LogP contribution in [-0.4, -0.2) is 44.2 Å². The van der Waals surface area contributed by atoms with Gasteiger partial charge in [0, 0.05) is 6.42 Å². The summed E-state index contributed by atoms with van der Waals surface area (Å²) in [5, 5.41) is 10.9. The van der Waals surface area contributed by atoms with Gasteiger partial charge in [-0.2, -0.15) is 0 Å². The van der Waals surface area contributed by atoms with Crippen LogP contribution in [0.3, 0.4) is 0 Å². The number of aliphatic hydroxyl groups excluding tert-OH is 1. The first kappa shape index (κ1) is 26.0. The van der Waals surface area contributed by atoms with Gasteiger partial charge in [-0.1, -0.05) is 84.9 Å². The summed E-state index contributed by atoms with van der Waals surface area (Å²) in [6, 6.07) is 36.3. The molecule has 5 nitrogen and oxygen atoms in total. The van der Waals surface area contributed by atoms with Gasteiger partial charge in [0.1, 0.15) is 23.2 Å². The van der Waals surface area contributed by atoms with Crippen LogP contribution < -0.4 is 9.47 Å². The molecule has 0 amide bonds. The van der Waals surface area contributed by atoms with E-state index in [9.17, 15) is 5.11 Å². The monoisotopic (exact) mass is 510 g/mol. The summed E-state index contributed by atoms with van der Waals surface area (Å²) in [4.78, 5) is 0. The Hall–Kier alpha value is -3.64. The Labute approximate surface area is 224 Å². The molecule has 1 heterocycles. The third-order valence-electron chi connectivity index (χ3n) is 7.24. The van der Waals surface area contributed by atoms with E-state index in [0.29, 0.717) is 6.42 Å². The molecule has 0 spiro atoms. The minimum Gasteiger partial charge on any atom is -0.497 e. The normalized spacial score (nSPS) is 19.3. The van der Waals surface area contributed by atoms with Crippen LogP contribution in [0.15, 0.2) is 109 Å². The average Bonchev–Trinajstić information content (AvgIpc) is 3.33. The van der Waals surface area contributed by atoms with Crippen molar-refractivity contribution < 1.29 is 24.1 Å². The van der Waals surface area contributed by atoms with Crippen LogP contribution in [0.2, 0.25) is 0 Å². The van der Waals surface area contributed by atoms with Gasteiger partial charge in [0.15, 0.2) is 0 Å². The second kappa shape index (κ2) is 11.8. The molecule has 4 aromatic carbocycles. The van der Waals surface area contributed by atoms with Crippen molar-refractivity contribution in [1.29, 1.82) is 0 Å². The number of ether oxygens (including phenoxy) is 4. The lowest BCUT2D eigenvalue weighted by Gasteiger charge is -2.37. The Morgan fingerprint density at radius 1 is 0.711 bits per heavy atom. The third kappa shape index (κ3) is 5.46. The predicted octanol–water partition coefficient (Wildman–Crippen LogP) is 5.77. The number of hydrogen-bond donors (Lipinski definition) is 1. The lowest BCUT2D eigenvalue weighted by atomic mass is 9.80. The van der Waals surface area contributed by atoms with Crippen LogP contribution >= 0.6 is 0 Å². The zero-order chi connectivity index (χ0) is 26.4. The van der Waals surface area contributed by atoms with E-state index in [-0.39, 0.29) is 12.7 Å². The molecule has 3 atom stereocenters. The third-order valence-corrected chi connectivity index (χ3v) is 7.24. The van der Waals surface area contributed by atoms with E-state index in [1.165, 1.54) is 5.56 Å². The maximum absolute atomic E-state index is 10.9. The molecule has 1 fully saturated rings. The quantitative estimate of drug-likeness (QED) is 0.274. The van der Waals surface area contributed by atoms with Gasteiger partial charge in [0.2, 0.25) is 0 Å². The van der Waals surface area contributed by atoms with E-state index in [1.807, 2.05) is 84.9 Å². The molecule has 4 aromatic rings. The first-order valence-corrected chi connectivity index (χ1v) is 13.0. The zero-order valence-electron chi connectivity index (χ0n) is 21.8. The van der Waals surface area contributed by atoms with E-state index >= 15 is 0 Å². The Bertz CT molecular complexity index is 1230. The number of methoxy groups -OCH3 is 2. The molecule has 1 aliphatic rings. The van der Waals surface area contributed by atoms with Crippen molar-refractivity contribution in [1.82, 2.24) is 0 Å². The molecule has 1 unspecified atom stereocenters. The summed E-state index contributed by atoms with van der Waals surface area (Å²) in [5.41, 5.74) is 3.12. The molecule has 0 bridgehead atoms. The Kier molecular flexibility index (Phi) is 8.08. The SMILES string of the molecule is COc1ccc(C(OC[C@H]2O[C@@H](Cc3ccccc3)CC2O)(c2ccccc2)c2ccc(OC)cc2)cc1. The number of hydrogen-bond acceptors (Lipinski definition) is 5. The number of benzene rings is 4. The molecule has 0 saturated carbocycles. The largest absolute Gasteiger partial charge is 0.497 e. The molecule has 0 aromatic heterocycles. The molecule has 196 valence electrons. The average molecular weight is 511 g/mol. The summed E-state index contributed by atoms with van der Waals surface area (Å²) in [7, 11) is 3.31. The van der Waals surface area contributed by atoms with Crippen LogP contribution in [-0.2, 0) is 21.5 Å². The second-order valence-electron chi connectivity index (χ2n) is 9.60. The molecule has 5 heteroatoms. The van der Waals surface area contributed by atoms with Crippen molar-refractivity contribution in [2.45, 2.75) is 36.8 Å². The summed E-state index contributed by atoms with van der Waals surface area (Å²) in [6.45, 7) is 0.222. The molecule has 1 N–H and O–H groups in total. The molecular weight excluding hydrogens is 476 g/mol.